The summed E-state index contributed by atoms with van der Waals surface area (Å²) in [5, 5.41) is 17.2. The number of amides is 2. The second-order valence-electron chi connectivity index (χ2n) is 6.70. The number of hydrogen-bond acceptors (Lipinski definition) is 7. The van der Waals surface area contributed by atoms with Gasteiger partial charge in [0.2, 0.25) is 0 Å². The first-order valence-corrected chi connectivity index (χ1v) is 9.11. The molecular formula is C18H21N9O. The highest BCUT2D eigenvalue weighted by atomic mass is 16.2. The third kappa shape index (κ3) is 4.05. The van der Waals surface area contributed by atoms with Crippen LogP contribution >= 0.6 is 0 Å². The molecular weight excluding hydrogens is 358 g/mol. The van der Waals surface area contributed by atoms with Gasteiger partial charge in [-0.05, 0) is 47.9 Å². The molecule has 144 valence electrons. The Kier molecular flexibility index (Phi) is 5.09. The molecule has 2 aromatic heterocycles. The van der Waals surface area contributed by atoms with E-state index in [4.69, 9.17) is 0 Å². The van der Waals surface area contributed by atoms with Gasteiger partial charge in [0, 0.05) is 37.2 Å². The van der Waals surface area contributed by atoms with Gasteiger partial charge in [-0.1, -0.05) is 6.07 Å². The number of carbonyl (C=O) groups excluding carboxylic acids is 1. The van der Waals surface area contributed by atoms with E-state index in [0.29, 0.717) is 12.2 Å². The van der Waals surface area contributed by atoms with Crippen molar-refractivity contribution in [2.75, 3.05) is 23.3 Å². The van der Waals surface area contributed by atoms with Crippen LogP contribution in [0.2, 0.25) is 0 Å². The molecule has 0 aliphatic carbocycles. The van der Waals surface area contributed by atoms with Gasteiger partial charge in [0.25, 0.3) is 0 Å². The van der Waals surface area contributed by atoms with Gasteiger partial charge in [0.1, 0.15) is 12.1 Å². The molecule has 0 radical (unpaired) electrons. The molecule has 0 spiro atoms. The van der Waals surface area contributed by atoms with Crippen LogP contribution in [0.3, 0.4) is 0 Å². The molecule has 1 fully saturated rings. The molecule has 28 heavy (non-hydrogen) atoms. The lowest BCUT2D eigenvalue weighted by Crippen LogP contribution is -2.49. The molecule has 0 bridgehead atoms. The van der Waals surface area contributed by atoms with Gasteiger partial charge in [-0.15, -0.1) is 5.10 Å². The molecule has 1 aromatic carbocycles. The van der Waals surface area contributed by atoms with Gasteiger partial charge in [-0.3, -0.25) is 4.98 Å². The summed E-state index contributed by atoms with van der Waals surface area (Å²) in [6.07, 6.45) is 8.50. The molecule has 1 atom stereocenters. The lowest BCUT2D eigenvalue weighted by atomic mass is 10.1. The lowest BCUT2D eigenvalue weighted by molar-refractivity contribution is 0.246. The molecule has 3 heterocycles. The Bertz CT molecular complexity index is 929. The quantitative estimate of drug-likeness (QED) is 0.707. The number of anilines is 2. The van der Waals surface area contributed by atoms with E-state index in [1.807, 2.05) is 25.1 Å². The number of benzene rings is 1. The van der Waals surface area contributed by atoms with Gasteiger partial charge in [0.05, 0.1) is 11.9 Å². The monoisotopic (exact) mass is 379 g/mol. The average Bonchev–Trinajstić information content (AvgIpc) is 3.25. The van der Waals surface area contributed by atoms with Crippen LogP contribution in [0.4, 0.5) is 16.3 Å². The first-order valence-electron chi connectivity index (χ1n) is 9.11. The molecule has 0 unspecified atom stereocenters. The maximum Gasteiger partial charge on any atom is 0.319 e. The molecule has 1 saturated heterocycles. The van der Waals surface area contributed by atoms with Crippen molar-refractivity contribution in [3.8, 4) is 5.69 Å². The van der Waals surface area contributed by atoms with Crippen molar-refractivity contribution >= 4 is 17.5 Å². The van der Waals surface area contributed by atoms with Crippen LogP contribution in [0.5, 0.6) is 0 Å². The third-order valence-corrected chi connectivity index (χ3v) is 4.71. The average molecular weight is 379 g/mol. The van der Waals surface area contributed by atoms with E-state index in [0.717, 1.165) is 36.5 Å². The third-order valence-electron chi connectivity index (χ3n) is 4.71. The number of hydrogen-bond donors (Lipinski definition) is 2. The topological polar surface area (TPSA) is 114 Å². The number of urea groups is 1. The van der Waals surface area contributed by atoms with Gasteiger partial charge in [-0.25, -0.2) is 14.5 Å². The minimum atomic E-state index is -0.233. The Balaban J connectivity index is 1.40. The van der Waals surface area contributed by atoms with Crippen molar-refractivity contribution in [3.63, 3.8) is 0 Å². The highest BCUT2D eigenvalue weighted by Gasteiger charge is 2.22. The van der Waals surface area contributed by atoms with Crippen molar-refractivity contribution in [1.82, 2.24) is 35.5 Å². The summed E-state index contributed by atoms with van der Waals surface area (Å²) in [4.78, 5) is 23.2. The second kappa shape index (κ2) is 7.99. The van der Waals surface area contributed by atoms with Crippen LogP contribution in [-0.4, -0.2) is 55.3 Å². The summed E-state index contributed by atoms with van der Waals surface area (Å²) in [6.45, 7) is 3.55. The van der Waals surface area contributed by atoms with Crippen molar-refractivity contribution in [2.24, 2.45) is 0 Å². The van der Waals surface area contributed by atoms with E-state index in [9.17, 15) is 4.79 Å². The van der Waals surface area contributed by atoms with Crippen LogP contribution in [0.15, 0.2) is 43.1 Å². The Morgan fingerprint density at radius 3 is 3.00 bits per heavy atom. The predicted molar refractivity (Wildman–Crippen MR) is 103 cm³/mol. The number of aryl methyl sites for hydroxylation is 1. The molecule has 2 N–H and O–H groups in total. The van der Waals surface area contributed by atoms with E-state index in [1.54, 1.807) is 23.3 Å². The van der Waals surface area contributed by atoms with Crippen LogP contribution < -0.4 is 15.5 Å². The van der Waals surface area contributed by atoms with Crippen LogP contribution in [0, 0.1) is 6.92 Å². The van der Waals surface area contributed by atoms with Gasteiger partial charge in [-0.2, -0.15) is 0 Å². The smallest absolute Gasteiger partial charge is 0.319 e. The van der Waals surface area contributed by atoms with Crippen molar-refractivity contribution in [2.45, 2.75) is 25.8 Å². The summed E-state index contributed by atoms with van der Waals surface area (Å²) >= 11 is 0. The van der Waals surface area contributed by atoms with Crippen LogP contribution in [0.25, 0.3) is 5.69 Å². The van der Waals surface area contributed by atoms with Crippen molar-refractivity contribution < 1.29 is 4.79 Å². The first kappa shape index (κ1) is 17.8. The molecule has 1 aliphatic rings. The lowest BCUT2D eigenvalue weighted by Gasteiger charge is -2.33. The zero-order valence-electron chi connectivity index (χ0n) is 15.5. The first-order chi connectivity index (χ1) is 13.7. The Morgan fingerprint density at radius 2 is 2.21 bits per heavy atom. The van der Waals surface area contributed by atoms with E-state index >= 15 is 0 Å². The summed E-state index contributed by atoms with van der Waals surface area (Å²) in [5.74, 6) is 0.833. The maximum absolute atomic E-state index is 12.6. The normalized spacial score (nSPS) is 16.6. The largest absolute Gasteiger partial charge is 0.353 e. The zero-order chi connectivity index (χ0) is 19.3. The molecule has 10 heteroatoms. The van der Waals surface area contributed by atoms with Crippen molar-refractivity contribution in [3.05, 3.63) is 48.7 Å². The molecule has 1 aliphatic heterocycles. The summed E-state index contributed by atoms with van der Waals surface area (Å²) in [7, 11) is 0. The van der Waals surface area contributed by atoms with E-state index in [2.05, 4.69) is 41.0 Å². The molecule has 3 aromatic rings. The van der Waals surface area contributed by atoms with Crippen molar-refractivity contribution in [1.29, 1.82) is 0 Å². The fraction of sp³-hybridized carbons (Fsp3) is 0.333. The summed E-state index contributed by atoms with van der Waals surface area (Å²) < 4.78 is 1.54. The number of nitrogens with one attached hydrogen (secondary N) is 2. The second-order valence-corrected chi connectivity index (χ2v) is 6.70. The maximum atomic E-state index is 12.6. The summed E-state index contributed by atoms with van der Waals surface area (Å²) in [5.41, 5.74) is 2.45. The molecule has 4 rings (SSSR count). The van der Waals surface area contributed by atoms with Gasteiger partial charge < -0.3 is 15.5 Å². The van der Waals surface area contributed by atoms with Crippen LogP contribution in [0.1, 0.15) is 18.4 Å². The number of nitrogens with zero attached hydrogens (tertiary/aromatic N) is 7. The Hall–Kier alpha value is -3.56. The fourth-order valence-corrected chi connectivity index (χ4v) is 3.27. The highest BCUT2D eigenvalue weighted by molar-refractivity contribution is 5.90. The van der Waals surface area contributed by atoms with E-state index < -0.39 is 0 Å². The Labute approximate surface area is 162 Å². The minimum Gasteiger partial charge on any atom is -0.353 e. The molecule has 0 saturated carbocycles. The standard InChI is InChI=1S/C18H21N9O/c1-13-4-5-15(27-12-21-24-25-27)9-16(13)23-18(28)22-14-3-2-8-26(11-14)17-10-19-6-7-20-17/h4-7,9-10,12,14H,2-3,8,11H2,1H3,(H2,22,23,28)/t14-/m1/s1. The number of piperidine rings is 1. The van der Waals surface area contributed by atoms with E-state index in [-0.39, 0.29) is 12.1 Å². The predicted octanol–water partition coefficient (Wildman–Crippen LogP) is 1.55. The molecule has 2 amide bonds. The Morgan fingerprint density at radius 1 is 1.29 bits per heavy atom. The van der Waals surface area contributed by atoms with Gasteiger partial charge >= 0.3 is 6.03 Å². The SMILES string of the molecule is Cc1ccc(-n2cnnn2)cc1NC(=O)N[C@@H]1CCCN(c2cnccn2)C1. The zero-order valence-corrected chi connectivity index (χ0v) is 15.5. The van der Waals surface area contributed by atoms with Gasteiger partial charge in [0.15, 0.2) is 0 Å². The molecule has 10 nitrogen and oxygen atoms in total. The fourth-order valence-electron chi connectivity index (χ4n) is 3.27. The number of carbonyl (C=O) groups is 1. The number of aromatic nitrogens is 6. The van der Waals surface area contributed by atoms with Crippen LogP contribution in [-0.2, 0) is 0 Å². The highest BCUT2D eigenvalue weighted by Crippen LogP contribution is 2.20. The number of rotatable bonds is 4. The number of tetrazole rings is 1. The summed E-state index contributed by atoms with van der Waals surface area (Å²) in [6, 6.07) is 5.47. The minimum absolute atomic E-state index is 0.0405. The van der Waals surface area contributed by atoms with E-state index in [1.165, 1.54) is 6.33 Å².